The molecule has 0 aliphatic rings. The van der Waals surface area contributed by atoms with E-state index in [0.29, 0.717) is 18.7 Å². The molecule has 0 saturated heterocycles. The van der Waals surface area contributed by atoms with Crippen molar-refractivity contribution in [1.29, 1.82) is 0 Å². The fourth-order valence-electron chi connectivity index (χ4n) is 2.26. The largest absolute Gasteiger partial charge is 0.494 e. The normalized spacial score (nSPS) is 10.6. The van der Waals surface area contributed by atoms with Crippen LogP contribution in [0, 0.1) is 0 Å². The van der Waals surface area contributed by atoms with Crippen LogP contribution in [0.15, 0.2) is 59.0 Å². The predicted octanol–water partition coefficient (Wildman–Crippen LogP) is 3.76. The fourth-order valence-corrected chi connectivity index (χ4v) is 2.26. The lowest BCUT2D eigenvalue weighted by Crippen LogP contribution is -2.22. The summed E-state index contributed by atoms with van der Waals surface area (Å²) < 4.78 is 11.0. The number of ether oxygens (including phenoxy) is 1. The van der Waals surface area contributed by atoms with Gasteiger partial charge in [0.25, 0.3) is 5.91 Å². The summed E-state index contributed by atoms with van der Waals surface area (Å²) in [6.45, 7) is 2.90. The van der Waals surface area contributed by atoms with Crippen molar-refractivity contribution < 1.29 is 13.9 Å². The number of rotatable bonds is 5. The van der Waals surface area contributed by atoms with Crippen LogP contribution in [-0.2, 0) is 6.54 Å². The Bertz CT molecular complexity index is 741. The second-order valence-electron chi connectivity index (χ2n) is 4.89. The SMILES string of the molecule is CCOc1ccc(C(=O)NCc2cc3ccccc3o2)cc1. The number of carbonyl (C=O) groups excluding carboxylic acids is 1. The minimum absolute atomic E-state index is 0.136. The summed E-state index contributed by atoms with van der Waals surface area (Å²) in [7, 11) is 0. The van der Waals surface area contributed by atoms with E-state index >= 15 is 0 Å². The molecule has 0 radical (unpaired) electrons. The highest BCUT2D eigenvalue weighted by molar-refractivity contribution is 5.94. The zero-order valence-electron chi connectivity index (χ0n) is 12.3. The van der Waals surface area contributed by atoms with Gasteiger partial charge in [0.2, 0.25) is 0 Å². The van der Waals surface area contributed by atoms with E-state index in [-0.39, 0.29) is 5.91 Å². The highest BCUT2D eigenvalue weighted by atomic mass is 16.5. The van der Waals surface area contributed by atoms with Gasteiger partial charge in [0, 0.05) is 10.9 Å². The molecule has 3 aromatic rings. The summed E-state index contributed by atoms with van der Waals surface area (Å²) in [5.74, 6) is 1.36. The maximum Gasteiger partial charge on any atom is 0.251 e. The first-order valence-electron chi connectivity index (χ1n) is 7.25. The number of hydrogen-bond acceptors (Lipinski definition) is 3. The molecule has 0 aliphatic heterocycles. The molecule has 1 aromatic heterocycles. The third-order valence-electron chi connectivity index (χ3n) is 3.33. The van der Waals surface area contributed by atoms with Crippen LogP contribution in [0.2, 0.25) is 0 Å². The Morgan fingerprint density at radius 2 is 1.91 bits per heavy atom. The van der Waals surface area contributed by atoms with Gasteiger partial charge in [-0.1, -0.05) is 18.2 Å². The van der Waals surface area contributed by atoms with Gasteiger partial charge < -0.3 is 14.5 Å². The van der Waals surface area contributed by atoms with Crippen molar-refractivity contribution in [2.24, 2.45) is 0 Å². The van der Waals surface area contributed by atoms with Crippen molar-refractivity contribution in [3.8, 4) is 5.75 Å². The molecule has 4 nitrogen and oxygen atoms in total. The topological polar surface area (TPSA) is 51.5 Å². The Labute approximate surface area is 128 Å². The number of nitrogens with one attached hydrogen (secondary N) is 1. The van der Waals surface area contributed by atoms with E-state index in [0.717, 1.165) is 22.5 Å². The lowest BCUT2D eigenvalue weighted by atomic mass is 10.2. The van der Waals surface area contributed by atoms with E-state index in [2.05, 4.69) is 5.32 Å². The summed E-state index contributed by atoms with van der Waals surface area (Å²) in [6, 6.07) is 16.8. The maximum absolute atomic E-state index is 12.1. The Kier molecular flexibility index (Phi) is 4.10. The van der Waals surface area contributed by atoms with Crippen LogP contribution in [0.4, 0.5) is 0 Å². The molecule has 0 aliphatic carbocycles. The highest BCUT2D eigenvalue weighted by Gasteiger charge is 2.08. The first kappa shape index (κ1) is 14.2. The van der Waals surface area contributed by atoms with Crippen LogP contribution in [0.1, 0.15) is 23.0 Å². The Morgan fingerprint density at radius 3 is 2.64 bits per heavy atom. The van der Waals surface area contributed by atoms with Crippen LogP contribution < -0.4 is 10.1 Å². The number of carbonyl (C=O) groups is 1. The Hall–Kier alpha value is -2.75. The molecule has 1 heterocycles. The molecular weight excluding hydrogens is 278 g/mol. The molecule has 1 N–H and O–H groups in total. The molecule has 0 unspecified atom stereocenters. The van der Waals surface area contributed by atoms with Gasteiger partial charge in [-0.15, -0.1) is 0 Å². The van der Waals surface area contributed by atoms with Crippen LogP contribution in [-0.4, -0.2) is 12.5 Å². The van der Waals surface area contributed by atoms with Crippen molar-refractivity contribution in [3.05, 3.63) is 65.9 Å². The van der Waals surface area contributed by atoms with Gasteiger partial charge in [0.15, 0.2) is 0 Å². The average Bonchev–Trinajstić information content (AvgIpc) is 2.96. The number of amides is 1. The number of fused-ring (bicyclic) bond motifs is 1. The van der Waals surface area contributed by atoms with Gasteiger partial charge in [-0.2, -0.15) is 0 Å². The van der Waals surface area contributed by atoms with E-state index in [9.17, 15) is 4.79 Å². The van der Waals surface area contributed by atoms with E-state index in [1.807, 2.05) is 37.3 Å². The Morgan fingerprint density at radius 1 is 1.14 bits per heavy atom. The van der Waals surface area contributed by atoms with E-state index < -0.39 is 0 Å². The van der Waals surface area contributed by atoms with Gasteiger partial charge in [0.1, 0.15) is 17.1 Å². The summed E-state index contributed by atoms with van der Waals surface area (Å²) in [4.78, 5) is 12.1. The average molecular weight is 295 g/mol. The van der Waals surface area contributed by atoms with Crippen molar-refractivity contribution in [3.63, 3.8) is 0 Å². The first-order valence-corrected chi connectivity index (χ1v) is 7.25. The van der Waals surface area contributed by atoms with Crippen molar-refractivity contribution in [2.75, 3.05) is 6.61 Å². The number of para-hydroxylation sites is 1. The first-order chi connectivity index (χ1) is 10.8. The smallest absolute Gasteiger partial charge is 0.251 e. The monoisotopic (exact) mass is 295 g/mol. The summed E-state index contributed by atoms with van der Waals surface area (Å²) in [5, 5.41) is 3.89. The summed E-state index contributed by atoms with van der Waals surface area (Å²) >= 11 is 0. The molecule has 2 aromatic carbocycles. The zero-order valence-corrected chi connectivity index (χ0v) is 12.3. The van der Waals surface area contributed by atoms with Crippen molar-refractivity contribution in [1.82, 2.24) is 5.32 Å². The summed E-state index contributed by atoms with van der Waals surface area (Å²) in [6.07, 6.45) is 0. The van der Waals surface area contributed by atoms with Crippen LogP contribution in [0.25, 0.3) is 11.0 Å². The Balaban J connectivity index is 1.64. The van der Waals surface area contributed by atoms with E-state index in [1.54, 1.807) is 24.3 Å². The molecule has 0 atom stereocenters. The molecule has 1 amide bonds. The van der Waals surface area contributed by atoms with Crippen LogP contribution in [0.3, 0.4) is 0 Å². The minimum atomic E-state index is -0.136. The molecule has 0 spiro atoms. The van der Waals surface area contributed by atoms with E-state index in [1.165, 1.54) is 0 Å². The molecule has 0 fully saturated rings. The standard InChI is InChI=1S/C18H17NO3/c1-2-21-15-9-7-13(8-10-15)18(20)19-12-16-11-14-5-3-4-6-17(14)22-16/h3-11H,2,12H2,1H3,(H,19,20). The van der Waals surface area contributed by atoms with Gasteiger partial charge in [-0.05, 0) is 43.3 Å². The minimum Gasteiger partial charge on any atom is -0.494 e. The van der Waals surface area contributed by atoms with Crippen LogP contribution in [0.5, 0.6) is 5.75 Å². The molecular formula is C18H17NO3. The van der Waals surface area contributed by atoms with Gasteiger partial charge >= 0.3 is 0 Å². The fraction of sp³-hybridized carbons (Fsp3) is 0.167. The lowest BCUT2D eigenvalue weighted by Gasteiger charge is -2.05. The lowest BCUT2D eigenvalue weighted by molar-refractivity contribution is 0.0948. The second-order valence-corrected chi connectivity index (χ2v) is 4.89. The van der Waals surface area contributed by atoms with Gasteiger partial charge in [-0.3, -0.25) is 4.79 Å². The molecule has 0 saturated carbocycles. The molecule has 4 heteroatoms. The molecule has 0 bridgehead atoms. The van der Waals surface area contributed by atoms with E-state index in [4.69, 9.17) is 9.15 Å². The second kappa shape index (κ2) is 6.35. The maximum atomic E-state index is 12.1. The number of furan rings is 1. The molecule has 22 heavy (non-hydrogen) atoms. The predicted molar refractivity (Wildman–Crippen MR) is 85.0 cm³/mol. The van der Waals surface area contributed by atoms with Crippen molar-refractivity contribution >= 4 is 16.9 Å². The highest BCUT2D eigenvalue weighted by Crippen LogP contribution is 2.18. The zero-order chi connectivity index (χ0) is 15.4. The summed E-state index contributed by atoms with van der Waals surface area (Å²) in [5.41, 5.74) is 1.42. The van der Waals surface area contributed by atoms with Crippen molar-refractivity contribution in [2.45, 2.75) is 13.5 Å². The molecule has 3 rings (SSSR count). The van der Waals surface area contributed by atoms with Crippen LogP contribution >= 0.6 is 0 Å². The number of hydrogen-bond donors (Lipinski definition) is 1. The quantitative estimate of drug-likeness (QED) is 0.779. The molecule has 112 valence electrons. The number of benzene rings is 2. The van der Waals surface area contributed by atoms with Gasteiger partial charge in [-0.25, -0.2) is 0 Å². The van der Waals surface area contributed by atoms with Gasteiger partial charge in [0.05, 0.1) is 13.2 Å². The third kappa shape index (κ3) is 3.11. The third-order valence-corrected chi connectivity index (χ3v) is 3.33.